The van der Waals surface area contributed by atoms with Gasteiger partial charge in [-0.05, 0) is 27.1 Å². The van der Waals surface area contributed by atoms with E-state index in [2.05, 4.69) is 15.1 Å². The third-order valence-corrected chi connectivity index (χ3v) is 2.53. The van der Waals surface area contributed by atoms with Gasteiger partial charge in [0.2, 0.25) is 5.91 Å². The molecule has 1 amide bonds. The quantitative estimate of drug-likeness (QED) is 0.534. The van der Waals surface area contributed by atoms with E-state index in [0.717, 1.165) is 26.1 Å². The molecule has 0 aliphatic heterocycles. The standard InChI is InChI=1S/C12H25N3O3/c1-11(16)13-6-4-7-15(8-5-12(17)18)10-9-14(2)3/h4-10H2,1-3H3,(H,13,16)(H,17,18). The largest absolute Gasteiger partial charge is 0.481 e. The Kier molecular flexibility index (Phi) is 9.22. The minimum absolute atomic E-state index is 0.0274. The molecule has 0 atom stereocenters. The van der Waals surface area contributed by atoms with Crippen LogP contribution in [0.25, 0.3) is 0 Å². The summed E-state index contributed by atoms with van der Waals surface area (Å²) >= 11 is 0. The van der Waals surface area contributed by atoms with Crippen molar-refractivity contribution < 1.29 is 14.7 Å². The molecule has 0 saturated carbocycles. The van der Waals surface area contributed by atoms with E-state index in [1.165, 1.54) is 6.92 Å². The van der Waals surface area contributed by atoms with Crippen LogP contribution in [-0.2, 0) is 9.59 Å². The number of hydrogen-bond acceptors (Lipinski definition) is 4. The fourth-order valence-corrected chi connectivity index (χ4v) is 1.50. The van der Waals surface area contributed by atoms with Crippen molar-refractivity contribution in [1.29, 1.82) is 0 Å². The van der Waals surface area contributed by atoms with Crippen molar-refractivity contribution >= 4 is 11.9 Å². The topological polar surface area (TPSA) is 72.9 Å². The number of nitrogens with one attached hydrogen (secondary N) is 1. The number of carboxylic acids is 1. The summed E-state index contributed by atoms with van der Waals surface area (Å²) in [6, 6.07) is 0. The number of nitrogens with zero attached hydrogens (tertiary/aromatic N) is 2. The summed E-state index contributed by atoms with van der Waals surface area (Å²) < 4.78 is 0. The van der Waals surface area contributed by atoms with Crippen LogP contribution in [0, 0.1) is 0 Å². The van der Waals surface area contributed by atoms with Gasteiger partial charge in [0.15, 0.2) is 0 Å². The summed E-state index contributed by atoms with van der Waals surface area (Å²) in [6.45, 7) is 5.25. The second-order valence-corrected chi connectivity index (χ2v) is 4.63. The Hall–Kier alpha value is -1.14. The van der Waals surface area contributed by atoms with Crippen LogP contribution in [0.3, 0.4) is 0 Å². The summed E-state index contributed by atoms with van der Waals surface area (Å²) in [5.74, 6) is -0.799. The zero-order valence-corrected chi connectivity index (χ0v) is 11.6. The third-order valence-electron chi connectivity index (χ3n) is 2.53. The van der Waals surface area contributed by atoms with Crippen LogP contribution in [0.15, 0.2) is 0 Å². The number of likely N-dealkylation sites (N-methyl/N-ethyl adjacent to an activating group) is 1. The van der Waals surface area contributed by atoms with Crippen LogP contribution in [0.2, 0.25) is 0 Å². The van der Waals surface area contributed by atoms with Gasteiger partial charge < -0.3 is 20.2 Å². The van der Waals surface area contributed by atoms with Gasteiger partial charge in [-0.25, -0.2) is 0 Å². The second kappa shape index (κ2) is 9.85. The van der Waals surface area contributed by atoms with E-state index in [4.69, 9.17) is 5.11 Å². The number of carboxylic acid groups (broad SMARTS) is 1. The zero-order chi connectivity index (χ0) is 14.0. The van der Waals surface area contributed by atoms with Crippen molar-refractivity contribution in [2.24, 2.45) is 0 Å². The molecule has 0 unspecified atom stereocenters. The lowest BCUT2D eigenvalue weighted by atomic mass is 10.3. The Morgan fingerprint density at radius 3 is 2.28 bits per heavy atom. The zero-order valence-electron chi connectivity index (χ0n) is 11.6. The highest BCUT2D eigenvalue weighted by molar-refractivity contribution is 5.72. The molecule has 0 spiro atoms. The highest BCUT2D eigenvalue weighted by atomic mass is 16.4. The maximum atomic E-state index is 10.7. The fourth-order valence-electron chi connectivity index (χ4n) is 1.50. The third kappa shape index (κ3) is 11.3. The van der Waals surface area contributed by atoms with E-state index in [1.54, 1.807) is 0 Å². The predicted octanol–water partition coefficient (Wildman–Crippen LogP) is -0.149. The second-order valence-electron chi connectivity index (χ2n) is 4.63. The van der Waals surface area contributed by atoms with Crippen molar-refractivity contribution in [3.63, 3.8) is 0 Å². The number of carbonyl (C=O) groups excluding carboxylic acids is 1. The van der Waals surface area contributed by atoms with Gasteiger partial charge in [0.05, 0.1) is 6.42 Å². The lowest BCUT2D eigenvalue weighted by molar-refractivity contribution is -0.137. The number of hydrogen-bond donors (Lipinski definition) is 2. The monoisotopic (exact) mass is 259 g/mol. The molecule has 0 fully saturated rings. The van der Waals surface area contributed by atoms with Crippen molar-refractivity contribution in [2.45, 2.75) is 19.8 Å². The smallest absolute Gasteiger partial charge is 0.304 e. The Balaban J connectivity index is 3.87. The highest BCUT2D eigenvalue weighted by Gasteiger charge is 2.07. The molecular weight excluding hydrogens is 234 g/mol. The van der Waals surface area contributed by atoms with Gasteiger partial charge in [0.1, 0.15) is 0 Å². The summed E-state index contributed by atoms with van der Waals surface area (Å²) in [5, 5.41) is 11.4. The maximum Gasteiger partial charge on any atom is 0.304 e. The average Bonchev–Trinajstić information content (AvgIpc) is 2.25. The van der Waals surface area contributed by atoms with Crippen LogP contribution in [0.5, 0.6) is 0 Å². The molecule has 0 aromatic heterocycles. The minimum atomic E-state index is -0.772. The van der Waals surface area contributed by atoms with E-state index in [-0.39, 0.29) is 12.3 Å². The van der Waals surface area contributed by atoms with Gasteiger partial charge in [-0.15, -0.1) is 0 Å². The Bertz CT molecular complexity index is 257. The molecule has 0 saturated heterocycles. The average molecular weight is 259 g/mol. The van der Waals surface area contributed by atoms with Gasteiger partial charge >= 0.3 is 5.97 Å². The lowest BCUT2D eigenvalue weighted by Crippen LogP contribution is -2.35. The molecule has 0 aliphatic carbocycles. The molecule has 6 heteroatoms. The van der Waals surface area contributed by atoms with Crippen LogP contribution < -0.4 is 5.32 Å². The van der Waals surface area contributed by atoms with Crippen LogP contribution >= 0.6 is 0 Å². The summed E-state index contributed by atoms with van der Waals surface area (Å²) in [7, 11) is 3.99. The van der Waals surface area contributed by atoms with Crippen molar-refractivity contribution in [1.82, 2.24) is 15.1 Å². The summed E-state index contributed by atoms with van der Waals surface area (Å²) in [4.78, 5) is 25.5. The molecular formula is C12H25N3O3. The fraction of sp³-hybridized carbons (Fsp3) is 0.833. The number of rotatable bonds is 10. The SMILES string of the molecule is CC(=O)NCCCN(CCC(=O)O)CCN(C)C. The van der Waals surface area contributed by atoms with E-state index in [1.807, 2.05) is 14.1 Å². The number of amides is 1. The van der Waals surface area contributed by atoms with E-state index in [9.17, 15) is 9.59 Å². The molecule has 0 aliphatic rings. The maximum absolute atomic E-state index is 10.7. The Morgan fingerprint density at radius 1 is 1.11 bits per heavy atom. The first-order chi connectivity index (χ1) is 8.41. The minimum Gasteiger partial charge on any atom is -0.481 e. The van der Waals surface area contributed by atoms with Gasteiger partial charge in [0, 0.05) is 33.1 Å². The molecule has 0 bridgehead atoms. The lowest BCUT2D eigenvalue weighted by Gasteiger charge is -2.23. The number of carbonyl (C=O) groups is 2. The van der Waals surface area contributed by atoms with E-state index >= 15 is 0 Å². The van der Waals surface area contributed by atoms with Crippen molar-refractivity contribution in [3.8, 4) is 0 Å². The first-order valence-electron chi connectivity index (χ1n) is 6.25. The molecule has 2 N–H and O–H groups in total. The summed E-state index contributed by atoms with van der Waals surface area (Å²) in [6.07, 6.45) is 1.00. The van der Waals surface area contributed by atoms with E-state index in [0.29, 0.717) is 13.1 Å². The van der Waals surface area contributed by atoms with Gasteiger partial charge in [-0.1, -0.05) is 0 Å². The van der Waals surface area contributed by atoms with Gasteiger partial charge in [0.25, 0.3) is 0 Å². The molecule has 0 radical (unpaired) electrons. The Labute approximate surface area is 109 Å². The van der Waals surface area contributed by atoms with Crippen molar-refractivity contribution in [3.05, 3.63) is 0 Å². The number of aliphatic carboxylic acids is 1. The van der Waals surface area contributed by atoms with E-state index < -0.39 is 5.97 Å². The highest BCUT2D eigenvalue weighted by Crippen LogP contribution is 1.95. The van der Waals surface area contributed by atoms with Crippen LogP contribution in [0.4, 0.5) is 0 Å². The van der Waals surface area contributed by atoms with Crippen molar-refractivity contribution in [2.75, 3.05) is 46.8 Å². The molecule has 6 nitrogen and oxygen atoms in total. The normalized spacial score (nSPS) is 10.9. The first-order valence-corrected chi connectivity index (χ1v) is 6.25. The molecule has 18 heavy (non-hydrogen) atoms. The predicted molar refractivity (Wildman–Crippen MR) is 70.5 cm³/mol. The molecule has 106 valence electrons. The van der Waals surface area contributed by atoms with Gasteiger partial charge in [-0.2, -0.15) is 0 Å². The van der Waals surface area contributed by atoms with Crippen LogP contribution in [0.1, 0.15) is 19.8 Å². The van der Waals surface area contributed by atoms with Crippen LogP contribution in [-0.4, -0.2) is 73.6 Å². The van der Waals surface area contributed by atoms with Gasteiger partial charge in [-0.3, -0.25) is 9.59 Å². The molecule has 0 rings (SSSR count). The molecule has 0 aromatic carbocycles. The molecule has 0 aromatic rings. The molecule has 0 heterocycles. The Morgan fingerprint density at radius 2 is 1.78 bits per heavy atom. The first kappa shape index (κ1) is 16.9. The summed E-state index contributed by atoms with van der Waals surface area (Å²) in [5.41, 5.74) is 0.